The Morgan fingerprint density at radius 2 is 1.96 bits per heavy atom. The summed E-state index contributed by atoms with van der Waals surface area (Å²) in [6.07, 6.45) is 2.72. The van der Waals surface area contributed by atoms with Crippen molar-refractivity contribution in [2.75, 3.05) is 5.32 Å². The lowest BCUT2D eigenvalue weighted by molar-refractivity contribution is -0.213. The molecule has 4 N–H and O–H groups in total. The SMILES string of the molecule is CC1(C(F)(F)F)NC(=O)c2ccc(NC3(/C=C\N=C/N)CCCC3)c(=O)n21. The summed E-state index contributed by atoms with van der Waals surface area (Å²) in [5, 5.41) is 4.95. The lowest BCUT2D eigenvalue weighted by Gasteiger charge is -2.31. The maximum Gasteiger partial charge on any atom is 0.430 e. The third kappa shape index (κ3) is 3.08. The predicted molar refractivity (Wildman–Crippen MR) is 94.5 cm³/mol. The number of hydrogen-bond donors (Lipinski definition) is 3. The molecule has 0 bridgehead atoms. The van der Waals surface area contributed by atoms with Crippen LogP contribution in [-0.2, 0) is 5.66 Å². The highest BCUT2D eigenvalue weighted by Gasteiger charge is 2.59. The fourth-order valence-electron chi connectivity index (χ4n) is 3.64. The van der Waals surface area contributed by atoms with Crippen molar-refractivity contribution in [2.45, 2.75) is 50.0 Å². The van der Waals surface area contributed by atoms with Gasteiger partial charge in [-0.3, -0.25) is 14.2 Å². The summed E-state index contributed by atoms with van der Waals surface area (Å²) in [5.74, 6) is -0.939. The van der Waals surface area contributed by atoms with Gasteiger partial charge in [-0.15, -0.1) is 0 Å². The Hall–Kier alpha value is -2.78. The number of nitrogens with zero attached hydrogens (tertiary/aromatic N) is 2. The van der Waals surface area contributed by atoms with Gasteiger partial charge in [0.25, 0.3) is 11.5 Å². The zero-order chi connectivity index (χ0) is 19.9. The Kier molecular flexibility index (Phi) is 4.52. The number of hydrogen-bond acceptors (Lipinski definition) is 4. The summed E-state index contributed by atoms with van der Waals surface area (Å²) in [5.41, 5.74) is 0.575. The Morgan fingerprint density at radius 1 is 1.30 bits per heavy atom. The first-order chi connectivity index (χ1) is 12.6. The molecule has 0 spiro atoms. The number of aromatic nitrogens is 1. The largest absolute Gasteiger partial charge is 0.430 e. The molecule has 0 aromatic carbocycles. The van der Waals surface area contributed by atoms with E-state index >= 15 is 0 Å². The van der Waals surface area contributed by atoms with Gasteiger partial charge in [0.1, 0.15) is 11.4 Å². The number of carbonyl (C=O) groups is 1. The summed E-state index contributed by atoms with van der Waals surface area (Å²) in [6.45, 7) is 0.772. The van der Waals surface area contributed by atoms with Gasteiger partial charge in [0, 0.05) is 6.20 Å². The first-order valence-electron chi connectivity index (χ1n) is 8.49. The molecule has 1 aromatic rings. The van der Waals surface area contributed by atoms with Gasteiger partial charge in [0.15, 0.2) is 0 Å². The zero-order valence-corrected chi connectivity index (χ0v) is 14.6. The highest BCUT2D eigenvalue weighted by atomic mass is 19.4. The molecule has 1 aliphatic heterocycles. The van der Waals surface area contributed by atoms with Crippen molar-refractivity contribution in [1.29, 1.82) is 0 Å². The second-order valence-electron chi connectivity index (χ2n) is 6.90. The van der Waals surface area contributed by atoms with E-state index in [2.05, 4.69) is 10.3 Å². The quantitative estimate of drug-likeness (QED) is 0.547. The Balaban J connectivity index is 2.06. The van der Waals surface area contributed by atoms with E-state index in [-0.39, 0.29) is 11.4 Å². The number of carbonyl (C=O) groups excluding carboxylic acids is 1. The molecule has 1 aromatic heterocycles. The van der Waals surface area contributed by atoms with Crippen molar-refractivity contribution in [3.63, 3.8) is 0 Å². The number of aliphatic imine (C=N–C) groups is 1. The molecule has 2 heterocycles. The minimum atomic E-state index is -4.84. The van der Waals surface area contributed by atoms with Gasteiger partial charge >= 0.3 is 6.18 Å². The fourth-order valence-corrected chi connectivity index (χ4v) is 3.64. The monoisotopic (exact) mass is 383 g/mol. The van der Waals surface area contributed by atoms with E-state index in [4.69, 9.17) is 5.73 Å². The van der Waals surface area contributed by atoms with E-state index in [0.717, 1.165) is 26.1 Å². The van der Waals surface area contributed by atoms with Crippen LogP contribution in [0.5, 0.6) is 0 Å². The molecule has 0 saturated heterocycles. The van der Waals surface area contributed by atoms with E-state index in [1.807, 2.05) is 5.32 Å². The number of fused-ring (bicyclic) bond motifs is 1. The molecule has 27 heavy (non-hydrogen) atoms. The molecular formula is C17H20F3N5O2. The Morgan fingerprint density at radius 3 is 2.56 bits per heavy atom. The number of anilines is 1. The molecule has 3 rings (SSSR count). The van der Waals surface area contributed by atoms with Gasteiger partial charge in [-0.05, 0) is 38.0 Å². The van der Waals surface area contributed by atoms with E-state index in [1.165, 1.54) is 18.3 Å². The third-order valence-electron chi connectivity index (χ3n) is 5.12. The number of nitrogens with one attached hydrogen (secondary N) is 2. The zero-order valence-electron chi connectivity index (χ0n) is 14.6. The molecule has 7 nitrogen and oxygen atoms in total. The molecule has 1 fully saturated rings. The predicted octanol–water partition coefficient (Wildman–Crippen LogP) is 2.05. The van der Waals surface area contributed by atoms with E-state index in [0.29, 0.717) is 17.4 Å². The van der Waals surface area contributed by atoms with Crippen molar-refractivity contribution in [3.8, 4) is 0 Å². The summed E-state index contributed by atoms with van der Waals surface area (Å²) in [6, 6.07) is 2.57. The maximum absolute atomic E-state index is 13.6. The number of pyridine rings is 1. The van der Waals surface area contributed by atoms with Crippen LogP contribution in [0.15, 0.2) is 34.2 Å². The topological polar surface area (TPSA) is 102 Å². The fraction of sp³-hybridized carbons (Fsp3) is 0.471. The van der Waals surface area contributed by atoms with Crippen LogP contribution < -0.4 is 21.9 Å². The normalized spacial score (nSPS) is 24.5. The first kappa shape index (κ1) is 19.0. The van der Waals surface area contributed by atoms with E-state index in [1.54, 1.807) is 6.08 Å². The van der Waals surface area contributed by atoms with Crippen LogP contribution in [0.2, 0.25) is 0 Å². The molecule has 1 unspecified atom stereocenters. The molecule has 1 amide bonds. The van der Waals surface area contributed by atoms with E-state index in [9.17, 15) is 22.8 Å². The van der Waals surface area contributed by atoms with E-state index < -0.39 is 28.8 Å². The lowest BCUT2D eigenvalue weighted by Crippen LogP contribution is -2.55. The van der Waals surface area contributed by atoms with Gasteiger partial charge in [-0.25, -0.2) is 4.99 Å². The Labute approximate surface area is 153 Å². The average molecular weight is 383 g/mol. The molecule has 0 radical (unpaired) electrons. The van der Waals surface area contributed by atoms with Crippen LogP contribution in [0.4, 0.5) is 18.9 Å². The van der Waals surface area contributed by atoms with Gasteiger partial charge in [0.05, 0.1) is 11.9 Å². The number of alkyl halides is 3. The van der Waals surface area contributed by atoms with Crippen molar-refractivity contribution >= 4 is 17.9 Å². The molecule has 2 aliphatic rings. The van der Waals surface area contributed by atoms with Crippen molar-refractivity contribution in [2.24, 2.45) is 10.7 Å². The maximum atomic E-state index is 13.6. The molecule has 1 saturated carbocycles. The number of amides is 1. The lowest BCUT2D eigenvalue weighted by atomic mass is 9.97. The van der Waals surface area contributed by atoms with Gasteiger partial charge in [-0.2, -0.15) is 13.2 Å². The van der Waals surface area contributed by atoms with Crippen molar-refractivity contribution < 1.29 is 18.0 Å². The van der Waals surface area contributed by atoms with Crippen molar-refractivity contribution in [3.05, 3.63) is 40.5 Å². The highest BCUT2D eigenvalue weighted by molar-refractivity contribution is 5.95. The minimum absolute atomic E-state index is 0.00555. The summed E-state index contributed by atoms with van der Waals surface area (Å²) in [7, 11) is 0. The van der Waals surface area contributed by atoms with Gasteiger partial charge in [-0.1, -0.05) is 12.8 Å². The molecule has 1 aliphatic carbocycles. The van der Waals surface area contributed by atoms with Crippen molar-refractivity contribution in [1.82, 2.24) is 9.88 Å². The highest BCUT2D eigenvalue weighted by Crippen LogP contribution is 2.38. The second kappa shape index (κ2) is 6.43. The molecule has 10 heteroatoms. The van der Waals surface area contributed by atoms with Crippen LogP contribution in [0.1, 0.15) is 43.1 Å². The van der Waals surface area contributed by atoms with Gasteiger partial charge < -0.3 is 16.4 Å². The average Bonchev–Trinajstić information content (AvgIpc) is 3.14. The smallest absolute Gasteiger partial charge is 0.390 e. The van der Waals surface area contributed by atoms with Crippen LogP contribution in [-0.4, -0.2) is 28.5 Å². The summed E-state index contributed by atoms with van der Waals surface area (Å²) < 4.78 is 41.2. The molecular weight excluding hydrogens is 363 g/mol. The van der Waals surface area contributed by atoms with Crippen LogP contribution >= 0.6 is 0 Å². The standard InChI is InChI=1S/C17H20F3N5O2/c1-15(17(18,19)20)24-13(26)12-5-4-11(14(27)25(12)15)23-16(6-2-3-7-16)8-9-22-10-21/h4-5,8-10,23H,2-3,6-7H2,1H3,(H2,21,22)(H,24,26)/b9-8-. The third-order valence-corrected chi connectivity index (χ3v) is 5.12. The number of halogens is 3. The molecule has 1 atom stereocenters. The van der Waals surface area contributed by atoms with Crippen LogP contribution in [0.3, 0.4) is 0 Å². The Bertz CT molecular complexity index is 868. The summed E-state index contributed by atoms with van der Waals surface area (Å²) in [4.78, 5) is 28.6. The summed E-state index contributed by atoms with van der Waals surface area (Å²) >= 11 is 0. The number of nitrogens with two attached hydrogens (primary N) is 1. The number of rotatable bonds is 4. The van der Waals surface area contributed by atoms with Crippen LogP contribution in [0, 0.1) is 0 Å². The van der Waals surface area contributed by atoms with Crippen LogP contribution in [0.25, 0.3) is 0 Å². The minimum Gasteiger partial charge on any atom is -0.390 e. The first-order valence-corrected chi connectivity index (χ1v) is 8.49. The molecule has 146 valence electrons. The second-order valence-corrected chi connectivity index (χ2v) is 6.90. The van der Waals surface area contributed by atoms with Gasteiger partial charge in [0.2, 0.25) is 5.66 Å².